The minimum atomic E-state index is 0.228. The summed E-state index contributed by atoms with van der Waals surface area (Å²) in [5, 5.41) is 12.2. The fraction of sp³-hybridized carbons (Fsp3) is 0.500. The van der Waals surface area contributed by atoms with E-state index in [0.29, 0.717) is 0 Å². The first-order chi connectivity index (χ1) is 6.88. The van der Waals surface area contributed by atoms with Crippen molar-refractivity contribution in [2.75, 3.05) is 18.5 Å². The Hall–Kier alpha value is -1.02. The number of aliphatic hydroxyl groups excluding tert-OH is 1. The van der Waals surface area contributed by atoms with Gasteiger partial charge in [-0.1, -0.05) is 12.1 Å². The normalized spacial score (nSPS) is 15.5. The predicted octanol–water partition coefficient (Wildman–Crippen LogP) is 2.04. The number of hydrogen-bond donors (Lipinski definition) is 2. The van der Waals surface area contributed by atoms with Gasteiger partial charge in [-0.15, -0.1) is 0 Å². The van der Waals surface area contributed by atoms with Gasteiger partial charge in [0.15, 0.2) is 0 Å². The Morgan fingerprint density at radius 3 is 2.93 bits per heavy atom. The molecular weight excluding hydrogens is 174 g/mol. The van der Waals surface area contributed by atoms with Crippen molar-refractivity contribution >= 4 is 5.69 Å². The topological polar surface area (TPSA) is 32.3 Å². The summed E-state index contributed by atoms with van der Waals surface area (Å²) in [5.41, 5.74) is 2.39. The minimum absolute atomic E-state index is 0.228. The molecule has 1 fully saturated rings. The molecular formula is C12H17NO. The maximum Gasteiger partial charge on any atom is 0.0471 e. The Labute approximate surface area is 85.0 Å². The highest BCUT2D eigenvalue weighted by Gasteiger charge is 2.20. The Kier molecular flexibility index (Phi) is 3.04. The van der Waals surface area contributed by atoms with Crippen molar-refractivity contribution in [3.05, 3.63) is 29.8 Å². The second-order valence-corrected chi connectivity index (χ2v) is 4.00. The van der Waals surface area contributed by atoms with Crippen LogP contribution in [0.25, 0.3) is 0 Å². The Morgan fingerprint density at radius 2 is 2.21 bits per heavy atom. The van der Waals surface area contributed by atoms with Crippen molar-refractivity contribution in [3.63, 3.8) is 0 Å². The van der Waals surface area contributed by atoms with Crippen LogP contribution in [0.1, 0.15) is 18.4 Å². The van der Waals surface area contributed by atoms with Crippen LogP contribution < -0.4 is 5.32 Å². The lowest BCUT2D eigenvalue weighted by atomic mass is 10.1. The van der Waals surface area contributed by atoms with Crippen LogP contribution >= 0.6 is 0 Å². The van der Waals surface area contributed by atoms with Gasteiger partial charge in [0.1, 0.15) is 0 Å². The van der Waals surface area contributed by atoms with Crippen LogP contribution in [-0.4, -0.2) is 18.3 Å². The highest BCUT2D eigenvalue weighted by Crippen LogP contribution is 2.28. The Bertz CT molecular complexity index is 294. The summed E-state index contributed by atoms with van der Waals surface area (Å²) < 4.78 is 0. The third-order valence-electron chi connectivity index (χ3n) is 2.62. The van der Waals surface area contributed by atoms with E-state index in [1.54, 1.807) is 0 Å². The quantitative estimate of drug-likeness (QED) is 0.746. The molecule has 2 N–H and O–H groups in total. The van der Waals surface area contributed by atoms with Crippen LogP contribution in [0.3, 0.4) is 0 Å². The van der Waals surface area contributed by atoms with E-state index in [1.165, 1.54) is 24.1 Å². The number of anilines is 1. The van der Waals surface area contributed by atoms with Gasteiger partial charge in [0.05, 0.1) is 0 Å². The van der Waals surface area contributed by atoms with Crippen LogP contribution in [0.4, 0.5) is 5.69 Å². The molecule has 2 rings (SSSR count). The highest BCUT2D eigenvalue weighted by molar-refractivity contribution is 5.45. The molecule has 2 nitrogen and oxygen atoms in total. The first kappa shape index (κ1) is 9.53. The number of aliphatic hydroxyl groups is 1. The van der Waals surface area contributed by atoms with E-state index in [4.69, 9.17) is 5.11 Å². The number of rotatable bonds is 5. The van der Waals surface area contributed by atoms with E-state index < -0.39 is 0 Å². The fourth-order valence-corrected chi connectivity index (χ4v) is 1.55. The van der Waals surface area contributed by atoms with E-state index in [-0.39, 0.29) is 6.61 Å². The maximum absolute atomic E-state index is 8.82. The SMILES string of the molecule is OCCc1cccc(NCC2CC2)c1. The molecule has 14 heavy (non-hydrogen) atoms. The molecule has 0 unspecified atom stereocenters. The van der Waals surface area contributed by atoms with E-state index in [1.807, 2.05) is 6.07 Å². The Morgan fingerprint density at radius 1 is 1.36 bits per heavy atom. The zero-order valence-electron chi connectivity index (χ0n) is 8.37. The van der Waals surface area contributed by atoms with Gasteiger partial charge in [0.2, 0.25) is 0 Å². The molecule has 0 spiro atoms. The van der Waals surface area contributed by atoms with Crippen LogP contribution in [-0.2, 0) is 6.42 Å². The van der Waals surface area contributed by atoms with E-state index >= 15 is 0 Å². The first-order valence-electron chi connectivity index (χ1n) is 5.32. The molecule has 1 saturated carbocycles. The molecule has 0 heterocycles. The van der Waals surface area contributed by atoms with Gasteiger partial charge in [0.25, 0.3) is 0 Å². The highest BCUT2D eigenvalue weighted by atomic mass is 16.2. The molecule has 0 saturated heterocycles. The summed E-state index contributed by atoms with van der Waals surface area (Å²) in [5.74, 6) is 0.900. The Balaban J connectivity index is 1.90. The third-order valence-corrected chi connectivity index (χ3v) is 2.62. The van der Waals surface area contributed by atoms with Gasteiger partial charge in [0, 0.05) is 18.8 Å². The lowest BCUT2D eigenvalue weighted by Gasteiger charge is -2.06. The van der Waals surface area contributed by atoms with Crippen molar-refractivity contribution in [2.24, 2.45) is 5.92 Å². The predicted molar refractivity (Wildman–Crippen MR) is 58.4 cm³/mol. The zero-order valence-corrected chi connectivity index (χ0v) is 8.37. The van der Waals surface area contributed by atoms with Crippen molar-refractivity contribution in [1.82, 2.24) is 0 Å². The smallest absolute Gasteiger partial charge is 0.0471 e. The second kappa shape index (κ2) is 4.47. The maximum atomic E-state index is 8.82. The standard InChI is InChI=1S/C12H17NO/c14-7-6-10-2-1-3-12(8-10)13-9-11-4-5-11/h1-3,8,11,13-14H,4-7,9H2. The summed E-state index contributed by atoms with van der Waals surface area (Å²) >= 11 is 0. The van der Waals surface area contributed by atoms with E-state index in [0.717, 1.165) is 18.9 Å². The number of benzene rings is 1. The van der Waals surface area contributed by atoms with Gasteiger partial charge in [-0.2, -0.15) is 0 Å². The van der Waals surface area contributed by atoms with Crippen LogP contribution in [0.15, 0.2) is 24.3 Å². The summed E-state index contributed by atoms with van der Waals surface area (Å²) in [4.78, 5) is 0. The fourth-order valence-electron chi connectivity index (χ4n) is 1.55. The molecule has 76 valence electrons. The molecule has 2 heteroatoms. The molecule has 1 aliphatic rings. The molecule has 0 amide bonds. The van der Waals surface area contributed by atoms with Gasteiger partial charge in [-0.05, 0) is 42.9 Å². The third kappa shape index (κ3) is 2.74. The van der Waals surface area contributed by atoms with Crippen LogP contribution in [0.5, 0.6) is 0 Å². The van der Waals surface area contributed by atoms with Gasteiger partial charge in [-0.3, -0.25) is 0 Å². The van der Waals surface area contributed by atoms with Gasteiger partial charge < -0.3 is 10.4 Å². The lowest BCUT2D eigenvalue weighted by molar-refractivity contribution is 0.299. The number of nitrogens with one attached hydrogen (secondary N) is 1. The van der Waals surface area contributed by atoms with E-state index in [9.17, 15) is 0 Å². The van der Waals surface area contributed by atoms with Crippen LogP contribution in [0, 0.1) is 5.92 Å². The lowest BCUT2D eigenvalue weighted by Crippen LogP contribution is -2.03. The summed E-state index contributed by atoms with van der Waals surface area (Å²) in [6.07, 6.45) is 3.51. The van der Waals surface area contributed by atoms with Gasteiger partial charge in [-0.25, -0.2) is 0 Å². The minimum Gasteiger partial charge on any atom is -0.396 e. The summed E-state index contributed by atoms with van der Waals surface area (Å²) in [6, 6.07) is 8.31. The van der Waals surface area contributed by atoms with Crippen molar-refractivity contribution in [1.29, 1.82) is 0 Å². The molecule has 1 aliphatic carbocycles. The number of hydrogen-bond acceptors (Lipinski definition) is 2. The van der Waals surface area contributed by atoms with Gasteiger partial charge >= 0.3 is 0 Å². The average molecular weight is 191 g/mol. The summed E-state index contributed by atoms with van der Waals surface area (Å²) in [6.45, 7) is 1.33. The van der Waals surface area contributed by atoms with Crippen molar-refractivity contribution in [3.8, 4) is 0 Å². The molecule has 0 aliphatic heterocycles. The molecule has 0 aromatic heterocycles. The molecule has 0 radical (unpaired) electrons. The average Bonchev–Trinajstić information content (AvgIpc) is 2.99. The molecule has 1 aromatic carbocycles. The zero-order chi connectivity index (χ0) is 9.80. The first-order valence-corrected chi connectivity index (χ1v) is 5.32. The van der Waals surface area contributed by atoms with E-state index in [2.05, 4.69) is 23.5 Å². The molecule has 0 atom stereocenters. The molecule has 0 bridgehead atoms. The second-order valence-electron chi connectivity index (χ2n) is 4.00. The molecule has 1 aromatic rings. The largest absolute Gasteiger partial charge is 0.396 e. The summed E-state index contributed by atoms with van der Waals surface area (Å²) in [7, 11) is 0. The van der Waals surface area contributed by atoms with Crippen molar-refractivity contribution in [2.45, 2.75) is 19.3 Å². The monoisotopic (exact) mass is 191 g/mol. The van der Waals surface area contributed by atoms with Crippen LogP contribution in [0.2, 0.25) is 0 Å². The van der Waals surface area contributed by atoms with Crippen molar-refractivity contribution < 1.29 is 5.11 Å².